The van der Waals surface area contributed by atoms with Crippen LogP contribution in [0.3, 0.4) is 0 Å². The molecule has 0 aromatic heterocycles. The fraction of sp³-hybridized carbons (Fsp3) is 0.909. The van der Waals surface area contributed by atoms with Crippen molar-refractivity contribution in [1.29, 1.82) is 0 Å². The molecule has 0 unspecified atom stereocenters. The molecule has 14 heavy (non-hydrogen) atoms. The van der Waals surface area contributed by atoms with Gasteiger partial charge in [-0.3, -0.25) is 4.79 Å². The Morgan fingerprint density at radius 2 is 2.14 bits per heavy atom. The minimum atomic E-state index is 0.192. The van der Waals surface area contributed by atoms with E-state index in [1.807, 2.05) is 0 Å². The molecule has 0 atom stereocenters. The van der Waals surface area contributed by atoms with E-state index in [4.69, 9.17) is 5.73 Å². The Morgan fingerprint density at radius 3 is 2.71 bits per heavy atom. The summed E-state index contributed by atoms with van der Waals surface area (Å²) in [5.74, 6) is 1.08. The van der Waals surface area contributed by atoms with Crippen LogP contribution in [0.5, 0.6) is 0 Å². The van der Waals surface area contributed by atoms with Gasteiger partial charge in [-0.15, -0.1) is 0 Å². The average molecular weight is 198 g/mol. The molecule has 1 fully saturated rings. The maximum atomic E-state index is 11.3. The van der Waals surface area contributed by atoms with Crippen molar-refractivity contribution in [3.63, 3.8) is 0 Å². The number of rotatable bonds is 7. The van der Waals surface area contributed by atoms with Crippen LogP contribution in [0, 0.1) is 5.92 Å². The second kappa shape index (κ2) is 6.82. The number of nitrogens with two attached hydrogens (primary N) is 1. The van der Waals surface area contributed by atoms with Crippen LogP contribution in [-0.2, 0) is 4.79 Å². The van der Waals surface area contributed by atoms with Gasteiger partial charge >= 0.3 is 0 Å². The van der Waals surface area contributed by atoms with Crippen LogP contribution in [0.15, 0.2) is 0 Å². The summed E-state index contributed by atoms with van der Waals surface area (Å²) < 4.78 is 0. The first-order chi connectivity index (χ1) is 6.83. The molecule has 3 heteroatoms. The molecule has 1 saturated carbocycles. The molecule has 1 amide bonds. The Bertz CT molecular complexity index is 167. The van der Waals surface area contributed by atoms with E-state index in [0.717, 1.165) is 25.3 Å². The Labute approximate surface area is 86.4 Å². The highest BCUT2D eigenvalue weighted by molar-refractivity contribution is 5.75. The van der Waals surface area contributed by atoms with Crippen LogP contribution in [-0.4, -0.2) is 19.0 Å². The zero-order valence-corrected chi connectivity index (χ0v) is 8.93. The molecular weight excluding hydrogens is 176 g/mol. The van der Waals surface area contributed by atoms with Gasteiger partial charge in [0.15, 0.2) is 0 Å². The molecule has 82 valence electrons. The van der Waals surface area contributed by atoms with Gasteiger partial charge in [-0.2, -0.15) is 0 Å². The Morgan fingerprint density at radius 1 is 1.36 bits per heavy atom. The molecule has 0 bridgehead atoms. The smallest absolute Gasteiger partial charge is 0.219 e. The summed E-state index contributed by atoms with van der Waals surface area (Å²) in [5.41, 5.74) is 5.35. The van der Waals surface area contributed by atoms with Crippen LogP contribution in [0.1, 0.15) is 44.9 Å². The van der Waals surface area contributed by atoms with Gasteiger partial charge in [0.25, 0.3) is 0 Å². The van der Waals surface area contributed by atoms with Gasteiger partial charge in [-0.05, 0) is 31.7 Å². The van der Waals surface area contributed by atoms with E-state index in [1.54, 1.807) is 0 Å². The van der Waals surface area contributed by atoms with Crippen LogP contribution in [0.4, 0.5) is 0 Å². The zero-order valence-electron chi connectivity index (χ0n) is 8.93. The van der Waals surface area contributed by atoms with Gasteiger partial charge in [0.05, 0.1) is 0 Å². The van der Waals surface area contributed by atoms with Gasteiger partial charge in [-0.25, -0.2) is 0 Å². The maximum absolute atomic E-state index is 11.3. The van der Waals surface area contributed by atoms with E-state index in [1.165, 1.54) is 25.7 Å². The number of amides is 1. The molecule has 0 saturated heterocycles. The highest BCUT2D eigenvalue weighted by Crippen LogP contribution is 2.28. The highest BCUT2D eigenvalue weighted by Gasteiger charge is 2.16. The lowest BCUT2D eigenvalue weighted by molar-refractivity contribution is -0.121. The molecule has 3 nitrogen and oxygen atoms in total. The predicted octanol–water partition coefficient (Wildman–Crippen LogP) is 1.42. The first kappa shape index (κ1) is 11.5. The second-order valence-corrected chi connectivity index (χ2v) is 4.18. The highest BCUT2D eigenvalue weighted by atomic mass is 16.1. The van der Waals surface area contributed by atoms with E-state index >= 15 is 0 Å². The number of hydrogen-bond donors (Lipinski definition) is 2. The van der Waals surface area contributed by atoms with Gasteiger partial charge < -0.3 is 11.1 Å². The third-order valence-corrected chi connectivity index (χ3v) is 2.96. The van der Waals surface area contributed by atoms with Crippen molar-refractivity contribution < 1.29 is 4.79 Å². The van der Waals surface area contributed by atoms with Crippen molar-refractivity contribution in [1.82, 2.24) is 5.32 Å². The monoisotopic (exact) mass is 198 g/mol. The normalized spacial score (nSPS) is 16.4. The third-order valence-electron chi connectivity index (χ3n) is 2.96. The van der Waals surface area contributed by atoms with Crippen LogP contribution in [0.25, 0.3) is 0 Å². The molecule has 0 aromatic rings. The SMILES string of the molecule is NCCCCC(=O)NCCC1CCC1. The van der Waals surface area contributed by atoms with Crippen molar-refractivity contribution in [2.45, 2.75) is 44.9 Å². The van der Waals surface area contributed by atoms with Crippen LogP contribution < -0.4 is 11.1 Å². The molecule has 0 radical (unpaired) electrons. The summed E-state index contributed by atoms with van der Waals surface area (Å²) in [4.78, 5) is 11.3. The van der Waals surface area contributed by atoms with Gasteiger partial charge in [-0.1, -0.05) is 19.3 Å². The number of unbranched alkanes of at least 4 members (excludes halogenated alkanes) is 1. The van der Waals surface area contributed by atoms with Crippen LogP contribution >= 0.6 is 0 Å². The molecule has 0 aromatic carbocycles. The van der Waals surface area contributed by atoms with Gasteiger partial charge in [0.1, 0.15) is 0 Å². The lowest BCUT2D eigenvalue weighted by atomic mass is 9.83. The van der Waals surface area contributed by atoms with E-state index in [0.29, 0.717) is 13.0 Å². The summed E-state index contributed by atoms with van der Waals surface area (Å²) in [6.07, 6.45) is 7.80. The van der Waals surface area contributed by atoms with Gasteiger partial charge in [0.2, 0.25) is 5.91 Å². The number of carbonyl (C=O) groups excluding carboxylic acids is 1. The molecular formula is C11H22N2O. The first-order valence-electron chi connectivity index (χ1n) is 5.79. The summed E-state index contributed by atoms with van der Waals surface area (Å²) >= 11 is 0. The summed E-state index contributed by atoms with van der Waals surface area (Å²) in [6, 6.07) is 0. The standard InChI is InChI=1S/C11H22N2O/c12-8-2-1-6-11(14)13-9-7-10-4-3-5-10/h10H,1-9,12H2,(H,13,14). The second-order valence-electron chi connectivity index (χ2n) is 4.18. The Hall–Kier alpha value is -0.570. The predicted molar refractivity (Wildman–Crippen MR) is 57.9 cm³/mol. The topological polar surface area (TPSA) is 55.1 Å². The Balaban J connectivity index is 1.86. The first-order valence-corrected chi connectivity index (χ1v) is 5.79. The minimum absolute atomic E-state index is 0.192. The van der Waals surface area contributed by atoms with E-state index in [9.17, 15) is 4.79 Å². The lowest BCUT2D eigenvalue weighted by Gasteiger charge is -2.25. The third kappa shape index (κ3) is 4.61. The molecule has 0 spiro atoms. The summed E-state index contributed by atoms with van der Waals surface area (Å²) in [6.45, 7) is 1.56. The molecule has 1 aliphatic carbocycles. The molecule has 3 N–H and O–H groups in total. The summed E-state index contributed by atoms with van der Waals surface area (Å²) in [5, 5.41) is 2.96. The van der Waals surface area contributed by atoms with Crippen molar-refractivity contribution in [3.05, 3.63) is 0 Å². The maximum Gasteiger partial charge on any atom is 0.219 e. The number of nitrogens with one attached hydrogen (secondary N) is 1. The largest absolute Gasteiger partial charge is 0.356 e. The van der Waals surface area contributed by atoms with Crippen molar-refractivity contribution in [3.8, 4) is 0 Å². The van der Waals surface area contributed by atoms with E-state index in [-0.39, 0.29) is 5.91 Å². The molecule has 1 rings (SSSR count). The minimum Gasteiger partial charge on any atom is -0.356 e. The van der Waals surface area contributed by atoms with Crippen molar-refractivity contribution >= 4 is 5.91 Å². The quantitative estimate of drug-likeness (QED) is 0.608. The van der Waals surface area contributed by atoms with Crippen molar-refractivity contribution in [2.75, 3.05) is 13.1 Å². The molecule has 1 aliphatic rings. The lowest BCUT2D eigenvalue weighted by Crippen LogP contribution is -2.27. The van der Waals surface area contributed by atoms with E-state index < -0.39 is 0 Å². The molecule has 0 heterocycles. The van der Waals surface area contributed by atoms with Crippen LogP contribution in [0.2, 0.25) is 0 Å². The molecule has 0 aliphatic heterocycles. The fourth-order valence-corrected chi connectivity index (χ4v) is 1.72. The number of carbonyl (C=O) groups is 1. The zero-order chi connectivity index (χ0) is 10.2. The Kier molecular flexibility index (Phi) is 5.60. The van der Waals surface area contributed by atoms with E-state index in [2.05, 4.69) is 5.32 Å². The average Bonchev–Trinajstić information content (AvgIpc) is 2.10. The number of hydrogen-bond acceptors (Lipinski definition) is 2. The van der Waals surface area contributed by atoms with Crippen molar-refractivity contribution in [2.24, 2.45) is 11.7 Å². The summed E-state index contributed by atoms with van der Waals surface area (Å²) in [7, 11) is 0. The fourth-order valence-electron chi connectivity index (χ4n) is 1.72. The van der Waals surface area contributed by atoms with Gasteiger partial charge in [0, 0.05) is 13.0 Å².